The molecule has 2 N–H and O–H groups in total. The second-order valence-electron chi connectivity index (χ2n) is 8.14. The van der Waals surface area contributed by atoms with Crippen LogP contribution in [0.1, 0.15) is 17.2 Å². The lowest BCUT2D eigenvalue weighted by Crippen LogP contribution is -2.48. The fourth-order valence-corrected chi connectivity index (χ4v) is 4.52. The van der Waals surface area contributed by atoms with Crippen molar-refractivity contribution in [3.05, 3.63) is 53.7 Å². The molecule has 2 aliphatic heterocycles. The third-order valence-electron chi connectivity index (χ3n) is 6.13. The molecular weight excluding hydrogens is 424 g/mol. The second kappa shape index (κ2) is 9.02. The van der Waals surface area contributed by atoms with Crippen molar-refractivity contribution < 1.29 is 24.1 Å². The van der Waals surface area contributed by atoms with Crippen LogP contribution in [0, 0.1) is 11.3 Å². The van der Waals surface area contributed by atoms with Gasteiger partial charge in [0.25, 0.3) is 0 Å². The van der Waals surface area contributed by atoms with Gasteiger partial charge in [-0.15, -0.1) is 0 Å². The summed E-state index contributed by atoms with van der Waals surface area (Å²) in [6.07, 6.45) is 1.76. The number of ether oxygens (including phenoxy) is 3. The number of piperazine rings is 1. The minimum atomic E-state index is -0.886. The van der Waals surface area contributed by atoms with E-state index in [1.807, 2.05) is 35.2 Å². The van der Waals surface area contributed by atoms with E-state index in [0.717, 1.165) is 47.6 Å². The highest BCUT2D eigenvalue weighted by Gasteiger charge is 2.32. The van der Waals surface area contributed by atoms with Crippen LogP contribution in [-0.2, 0) is 11.3 Å². The number of hydrogen-bond acceptors (Lipinski definition) is 7. The summed E-state index contributed by atoms with van der Waals surface area (Å²) in [6.45, 7) is 3.77. The number of hydrogen-bond donors (Lipinski definition) is 2. The number of rotatable bonds is 7. The van der Waals surface area contributed by atoms with Crippen LogP contribution >= 0.6 is 0 Å². The highest BCUT2D eigenvalue weighted by atomic mass is 16.7. The van der Waals surface area contributed by atoms with Gasteiger partial charge in [0.1, 0.15) is 17.9 Å². The van der Waals surface area contributed by atoms with E-state index in [0.29, 0.717) is 24.4 Å². The Labute approximate surface area is 190 Å². The number of H-pyrrole nitrogens is 1. The van der Waals surface area contributed by atoms with Gasteiger partial charge in [0.2, 0.25) is 6.79 Å². The predicted octanol–water partition coefficient (Wildman–Crippen LogP) is 2.74. The van der Waals surface area contributed by atoms with Crippen molar-refractivity contribution >= 4 is 16.9 Å². The average Bonchev–Trinajstić information content (AvgIpc) is 3.45. The van der Waals surface area contributed by atoms with Crippen molar-refractivity contribution in [1.82, 2.24) is 14.8 Å². The molecule has 0 aliphatic carbocycles. The van der Waals surface area contributed by atoms with Crippen LogP contribution in [0.2, 0.25) is 0 Å². The summed E-state index contributed by atoms with van der Waals surface area (Å²) < 4.78 is 16.3. The van der Waals surface area contributed by atoms with Crippen molar-refractivity contribution in [2.45, 2.75) is 12.6 Å². The molecule has 170 valence electrons. The van der Waals surface area contributed by atoms with E-state index < -0.39 is 12.0 Å². The first-order chi connectivity index (χ1) is 16.1. The number of carboxylic acids is 1. The smallest absolute Gasteiger partial charge is 0.325 e. The Balaban J connectivity index is 1.29. The molecule has 0 radical (unpaired) electrons. The summed E-state index contributed by atoms with van der Waals surface area (Å²) in [4.78, 5) is 19.8. The van der Waals surface area contributed by atoms with Gasteiger partial charge in [-0.25, -0.2) is 0 Å². The van der Waals surface area contributed by atoms with Gasteiger partial charge >= 0.3 is 5.97 Å². The van der Waals surface area contributed by atoms with E-state index >= 15 is 0 Å². The Bertz CT molecular complexity index is 1210. The fraction of sp³-hybridized carbons (Fsp3) is 0.333. The minimum Gasteiger partial charge on any atom is -0.480 e. The maximum absolute atomic E-state index is 12.3. The Morgan fingerprint density at radius 2 is 1.97 bits per heavy atom. The van der Waals surface area contributed by atoms with Crippen molar-refractivity contribution in [3.8, 4) is 23.3 Å². The number of benzene rings is 2. The first-order valence-corrected chi connectivity index (χ1v) is 10.8. The number of nitriles is 1. The van der Waals surface area contributed by atoms with Crippen molar-refractivity contribution in [2.24, 2.45) is 0 Å². The summed E-state index contributed by atoms with van der Waals surface area (Å²) in [5.41, 5.74) is 2.68. The summed E-state index contributed by atoms with van der Waals surface area (Å²) in [7, 11) is 0. The topological polar surface area (TPSA) is 111 Å². The molecule has 2 aliphatic rings. The van der Waals surface area contributed by atoms with Crippen LogP contribution in [0.4, 0.5) is 0 Å². The summed E-state index contributed by atoms with van der Waals surface area (Å²) in [5, 5.41) is 19.6. The number of nitrogens with one attached hydrogen (secondary N) is 1. The quantitative estimate of drug-likeness (QED) is 0.568. The number of carboxylic acid groups (broad SMARTS) is 1. The normalized spacial score (nSPS) is 17.1. The molecule has 3 aromatic rings. The predicted molar refractivity (Wildman–Crippen MR) is 119 cm³/mol. The Kier molecular flexibility index (Phi) is 5.77. The van der Waals surface area contributed by atoms with E-state index in [2.05, 4.69) is 9.88 Å². The molecule has 1 aromatic heterocycles. The Hall–Kier alpha value is -3.74. The Morgan fingerprint density at radius 3 is 2.76 bits per heavy atom. The summed E-state index contributed by atoms with van der Waals surface area (Å²) >= 11 is 0. The molecule has 33 heavy (non-hydrogen) atoms. The molecule has 0 amide bonds. The zero-order valence-corrected chi connectivity index (χ0v) is 18.0. The van der Waals surface area contributed by atoms with Crippen LogP contribution < -0.4 is 14.2 Å². The SMILES string of the molecule is N#CCOc1ccc2[nH]cc(C(C(=O)O)N3CCN(Cc4ccc5c(c4)OCO5)CC3)c2c1. The van der Waals surface area contributed by atoms with Gasteiger partial charge in [0.05, 0.1) is 0 Å². The van der Waals surface area contributed by atoms with Gasteiger partial charge in [0.15, 0.2) is 18.1 Å². The molecule has 5 rings (SSSR count). The van der Waals surface area contributed by atoms with Crippen LogP contribution in [0.3, 0.4) is 0 Å². The molecule has 0 spiro atoms. The average molecular weight is 448 g/mol. The number of carbonyl (C=O) groups is 1. The van der Waals surface area contributed by atoms with Gasteiger partial charge in [-0.3, -0.25) is 14.6 Å². The Morgan fingerprint density at radius 1 is 1.15 bits per heavy atom. The van der Waals surface area contributed by atoms with Crippen molar-refractivity contribution in [3.63, 3.8) is 0 Å². The number of nitrogens with zero attached hydrogens (tertiary/aromatic N) is 3. The molecular formula is C24H24N4O5. The molecule has 0 saturated carbocycles. The van der Waals surface area contributed by atoms with Crippen LogP contribution in [-0.4, -0.2) is 65.4 Å². The highest BCUT2D eigenvalue weighted by Crippen LogP contribution is 2.34. The van der Waals surface area contributed by atoms with Gasteiger partial charge < -0.3 is 24.3 Å². The van der Waals surface area contributed by atoms with Gasteiger partial charge in [0, 0.05) is 55.4 Å². The molecule has 1 fully saturated rings. The molecule has 2 aromatic carbocycles. The lowest BCUT2D eigenvalue weighted by Gasteiger charge is -2.37. The molecule has 9 heteroatoms. The molecule has 1 unspecified atom stereocenters. The zero-order valence-electron chi connectivity index (χ0n) is 18.0. The van der Waals surface area contributed by atoms with E-state index in [9.17, 15) is 9.90 Å². The van der Waals surface area contributed by atoms with Gasteiger partial charge in [-0.1, -0.05) is 6.07 Å². The van der Waals surface area contributed by atoms with E-state index in [1.54, 1.807) is 18.3 Å². The molecule has 0 bridgehead atoms. The maximum Gasteiger partial charge on any atom is 0.325 e. The largest absolute Gasteiger partial charge is 0.480 e. The lowest BCUT2D eigenvalue weighted by molar-refractivity contribution is -0.144. The highest BCUT2D eigenvalue weighted by molar-refractivity contribution is 5.90. The first kappa shape index (κ1) is 21.1. The first-order valence-electron chi connectivity index (χ1n) is 10.8. The lowest BCUT2D eigenvalue weighted by atomic mass is 10.0. The number of aromatic nitrogens is 1. The number of fused-ring (bicyclic) bond motifs is 2. The van der Waals surface area contributed by atoms with Gasteiger partial charge in [-0.2, -0.15) is 5.26 Å². The van der Waals surface area contributed by atoms with Crippen molar-refractivity contribution in [2.75, 3.05) is 39.6 Å². The molecule has 1 saturated heterocycles. The summed E-state index contributed by atoms with van der Waals surface area (Å²) in [5.74, 6) is 1.20. The van der Waals surface area contributed by atoms with Crippen LogP contribution in [0.5, 0.6) is 17.2 Å². The maximum atomic E-state index is 12.3. The van der Waals surface area contributed by atoms with Crippen molar-refractivity contribution in [1.29, 1.82) is 5.26 Å². The van der Waals surface area contributed by atoms with E-state index in [4.69, 9.17) is 19.5 Å². The standard InChI is InChI=1S/C24H24N4O5/c25-5-10-31-17-2-3-20-18(12-17)19(13-26-20)23(24(29)30)28-8-6-27(7-9-28)14-16-1-4-21-22(11-16)33-15-32-21/h1-4,11-13,23,26H,6-10,14-15H2,(H,29,30). The zero-order chi connectivity index (χ0) is 22.8. The third-order valence-corrected chi connectivity index (χ3v) is 6.13. The summed E-state index contributed by atoms with van der Waals surface area (Å²) in [6, 6.07) is 12.6. The minimum absolute atomic E-state index is 0.0566. The molecule has 3 heterocycles. The van der Waals surface area contributed by atoms with Gasteiger partial charge in [-0.05, 0) is 35.9 Å². The molecule has 9 nitrogen and oxygen atoms in total. The van der Waals surface area contributed by atoms with E-state index in [-0.39, 0.29) is 13.4 Å². The van der Waals surface area contributed by atoms with Crippen LogP contribution in [0.15, 0.2) is 42.6 Å². The van der Waals surface area contributed by atoms with E-state index in [1.165, 1.54) is 0 Å². The number of aliphatic carboxylic acids is 1. The fourth-order valence-electron chi connectivity index (χ4n) is 4.52. The van der Waals surface area contributed by atoms with Crippen LogP contribution in [0.25, 0.3) is 10.9 Å². The monoisotopic (exact) mass is 448 g/mol. The number of aromatic amines is 1. The molecule has 1 atom stereocenters. The second-order valence-corrected chi connectivity index (χ2v) is 8.14. The third kappa shape index (κ3) is 4.31.